The number of hydrogen-bond acceptors (Lipinski definition) is 4. The van der Waals surface area contributed by atoms with Crippen LogP contribution >= 0.6 is 0 Å². The van der Waals surface area contributed by atoms with Gasteiger partial charge in [-0.1, -0.05) is 25.5 Å². The quantitative estimate of drug-likeness (QED) is 0.378. The lowest BCUT2D eigenvalue weighted by Crippen LogP contribution is -2.50. The van der Waals surface area contributed by atoms with Crippen molar-refractivity contribution in [1.82, 2.24) is 0 Å². The van der Waals surface area contributed by atoms with Gasteiger partial charge < -0.3 is 9.52 Å². The first-order valence-electron chi connectivity index (χ1n) is 11.7. The second kappa shape index (κ2) is 7.64. The Hall–Kier alpha value is -1.94. The normalized spacial score (nSPS) is 42.4. The number of hydrogen-bond donors (Lipinski definition) is 1. The third kappa shape index (κ3) is 3.24. The zero-order valence-electron chi connectivity index (χ0n) is 18.3. The Labute approximate surface area is 179 Å². The summed E-state index contributed by atoms with van der Waals surface area (Å²) in [5, 5.41) is 19.3. The molecule has 0 radical (unpaired) electrons. The Morgan fingerprint density at radius 1 is 1.13 bits per heavy atom. The van der Waals surface area contributed by atoms with Crippen LogP contribution < -0.4 is 0 Å². The molecule has 1 heterocycles. The largest absolute Gasteiger partial charge is 0.465 e. The zero-order chi connectivity index (χ0) is 20.8. The minimum Gasteiger partial charge on any atom is -0.465 e. The first-order valence-corrected chi connectivity index (χ1v) is 11.7. The molecule has 3 fully saturated rings. The molecule has 0 aliphatic heterocycles. The zero-order valence-corrected chi connectivity index (χ0v) is 18.3. The molecule has 4 heteroatoms. The Morgan fingerprint density at radius 3 is 2.80 bits per heavy atom. The standard InChI is InChI=1S/C26H34N2O2/c1-25-13-11-19(29)17-18(25)7-8-21-22-9-10-24(26(22,2)14-12-23(21)25)28-27-15-3-5-20-6-4-16-30-20/h3-7,15-16,19,21-23,29H,8-14,17H2,1-2H3/b5-3+,27-15-,28-24-/t19-,21-,22-,23-,25+,26-/m1/s1. The number of furan rings is 1. The predicted octanol–water partition coefficient (Wildman–Crippen LogP) is 6.04. The van der Waals surface area contributed by atoms with Crippen molar-refractivity contribution in [1.29, 1.82) is 0 Å². The number of aliphatic hydroxyl groups excluding tert-OH is 1. The van der Waals surface area contributed by atoms with Gasteiger partial charge >= 0.3 is 0 Å². The molecule has 5 rings (SSSR count). The molecule has 1 aromatic rings. The van der Waals surface area contributed by atoms with Crippen molar-refractivity contribution in [2.75, 3.05) is 0 Å². The van der Waals surface area contributed by atoms with Gasteiger partial charge in [-0.25, -0.2) is 0 Å². The number of allylic oxidation sites excluding steroid dienone is 2. The summed E-state index contributed by atoms with van der Waals surface area (Å²) in [5.41, 5.74) is 3.34. The highest BCUT2D eigenvalue weighted by Gasteiger charge is 2.57. The molecule has 1 N–H and O–H groups in total. The second-order valence-corrected chi connectivity index (χ2v) is 10.3. The first kappa shape index (κ1) is 20.0. The van der Waals surface area contributed by atoms with Crippen LogP contribution in [0.5, 0.6) is 0 Å². The number of fused-ring (bicyclic) bond motifs is 5. The highest BCUT2D eigenvalue weighted by Crippen LogP contribution is 2.64. The molecule has 0 unspecified atom stereocenters. The maximum Gasteiger partial charge on any atom is 0.126 e. The second-order valence-electron chi connectivity index (χ2n) is 10.3. The molecule has 4 aliphatic rings. The van der Waals surface area contributed by atoms with Gasteiger partial charge in [-0.05, 0) is 98.8 Å². The Morgan fingerprint density at radius 2 is 1.97 bits per heavy atom. The van der Waals surface area contributed by atoms with Crippen LogP contribution in [0.1, 0.15) is 71.0 Å². The highest BCUT2D eigenvalue weighted by atomic mass is 16.3. The molecular weight excluding hydrogens is 372 g/mol. The third-order valence-corrected chi connectivity index (χ3v) is 8.95. The number of nitrogens with zero attached hydrogens (tertiary/aromatic N) is 2. The maximum atomic E-state index is 10.2. The summed E-state index contributed by atoms with van der Waals surface area (Å²) in [7, 11) is 0. The smallest absolute Gasteiger partial charge is 0.126 e. The summed E-state index contributed by atoms with van der Waals surface area (Å²) in [6.07, 6.45) is 18.6. The molecule has 0 saturated heterocycles. The Bertz CT molecular complexity index is 896. The molecule has 30 heavy (non-hydrogen) atoms. The van der Waals surface area contributed by atoms with E-state index < -0.39 is 0 Å². The van der Waals surface area contributed by atoms with Gasteiger partial charge in [-0.15, -0.1) is 0 Å². The van der Waals surface area contributed by atoms with E-state index in [1.807, 2.05) is 24.3 Å². The van der Waals surface area contributed by atoms with Crippen LogP contribution in [0.4, 0.5) is 0 Å². The molecule has 1 aromatic heterocycles. The van der Waals surface area contributed by atoms with Crippen LogP contribution in [0.15, 0.2) is 50.7 Å². The monoisotopic (exact) mass is 406 g/mol. The molecule has 0 bridgehead atoms. The summed E-state index contributed by atoms with van der Waals surface area (Å²) in [6.45, 7) is 4.93. The van der Waals surface area contributed by atoms with E-state index in [1.165, 1.54) is 31.4 Å². The van der Waals surface area contributed by atoms with Gasteiger partial charge in [0.25, 0.3) is 0 Å². The lowest BCUT2D eigenvalue weighted by atomic mass is 9.48. The fourth-order valence-electron chi connectivity index (χ4n) is 7.26. The van der Waals surface area contributed by atoms with Crippen LogP contribution in [-0.2, 0) is 0 Å². The van der Waals surface area contributed by atoms with Crippen LogP contribution in [0, 0.1) is 28.6 Å². The third-order valence-electron chi connectivity index (χ3n) is 8.95. The molecule has 4 nitrogen and oxygen atoms in total. The van der Waals surface area contributed by atoms with E-state index in [2.05, 4.69) is 25.0 Å². The molecule has 0 aromatic carbocycles. The summed E-state index contributed by atoms with van der Waals surface area (Å²) < 4.78 is 5.30. The number of aliphatic hydroxyl groups is 1. The van der Waals surface area contributed by atoms with Crippen molar-refractivity contribution in [2.45, 2.75) is 71.3 Å². The molecule has 3 saturated carbocycles. The predicted molar refractivity (Wildman–Crippen MR) is 121 cm³/mol. The lowest BCUT2D eigenvalue weighted by Gasteiger charge is -2.57. The van der Waals surface area contributed by atoms with E-state index in [9.17, 15) is 5.11 Å². The van der Waals surface area contributed by atoms with Crippen molar-refractivity contribution in [2.24, 2.45) is 38.8 Å². The average molecular weight is 407 g/mol. The minimum atomic E-state index is -0.125. The van der Waals surface area contributed by atoms with Crippen LogP contribution in [0.25, 0.3) is 6.08 Å². The summed E-state index contributed by atoms with van der Waals surface area (Å²) in [5.74, 6) is 3.06. The number of rotatable bonds is 3. The van der Waals surface area contributed by atoms with E-state index >= 15 is 0 Å². The van der Waals surface area contributed by atoms with Crippen LogP contribution in [0.3, 0.4) is 0 Å². The van der Waals surface area contributed by atoms with Crippen molar-refractivity contribution in [3.05, 3.63) is 41.9 Å². The van der Waals surface area contributed by atoms with Gasteiger partial charge in [-0.3, -0.25) is 0 Å². The molecular formula is C26H34N2O2. The molecule has 6 atom stereocenters. The minimum absolute atomic E-state index is 0.125. The van der Waals surface area contributed by atoms with Crippen molar-refractivity contribution < 1.29 is 9.52 Å². The van der Waals surface area contributed by atoms with Crippen LogP contribution in [-0.4, -0.2) is 23.1 Å². The SMILES string of the molecule is C[C@]12CC[C@@H](O)CC1=CC[C@H]1[C@H]2CC[C@@]2(C)\C(=N/N=C\C=C\c3ccco3)CC[C@H]12. The fraction of sp³-hybridized carbons (Fsp3) is 0.615. The van der Waals surface area contributed by atoms with Crippen molar-refractivity contribution in [3.63, 3.8) is 0 Å². The van der Waals surface area contributed by atoms with Crippen molar-refractivity contribution >= 4 is 18.0 Å². The Balaban J connectivity index is 1.33. The summed E-state index contributed by atoms with van der Waals surface area (Å²) in [6, 6.07) is 3.81. The average Bonchev–Trinajstić information content (AvgIpc) is 3.36. The van der Waals surface area contributed by atoms with Gasteiger partial charge in [0.2, 0.25) is 0 Å². The van der Waals surface area contributed by atoms with Gasteiger partial charge in [0.15, 0.2) is 0 Å². The maximum absolute atomic E-state index is 10.2. The lowest BCUT2D eigenvalue weighted by molar-refractivity contribution is -0.0209. The van der Waals surface area contributed by atoms with E-state index in [4.69, 9.17) is 9.52 Å². The summed E-state index contributed by atoms with van der Waals surface area (Å²) in [4.78, 5) is 0. The topological polar surface area (TPSA) is 58.1 Å². The van der Waals surface area contributed by atoms with Gasteiger partial charge in [0.1, 0.15) is 5.76 Å². The van der Waals surface area contributed by atoms with E-state index in [0.717, 1.165) is 43.3 Å². The van der Waals surface area contributed by atoms with E-state index in [-0.39, 0.29) is 11.5 Å². The summed E-state index contributed by atoms with van der Waals surface area (Å²) >= 11 is 0. The molecule has 0 spiro atoms. The van der Waals surface area contributed by atoms with Gasteiger partial charge in [0.05, 0.1) is 12.4 Å². The first-order chi connectivity index (χ1) is 14.5. The van der Waals surface area contributed by atoms with Gasteiger partial charge in [-0.2, -0.15) is 10.2 Å². The fourth-order valence-corrected chi connectivity index (χ4v) is 7.26. The van der Waals surface area contributed by atoms with Crippen LogP contribution in [0.2, 0.25) is 0 Å². The molecule has 4 aliphatic carbocycles. The van der Waals surface area contributed by atoms with E-state index in [0.29, 0.717) is 11.3 Å². The molecule has 0 amide bonds. The highest BCUT2D eigenvalue weighted by molar-refractivity contribution is 5.93. The van der Waals surface area contributed by atoms with Gasteiger partial charge in [0, 0.05) is 17.3 Å². The molecule has 160 valence electrons. The Kier molecular flexibility index (Phi) is 5.09. The van der Waals surface area contributed by atoms with E-state index in [1.54, 1.807) is 18.1 Å². The van der Waals surface area contributed by atoms with Crippen molar-refractivity contribution in [3.8, 4) is 0 Å².